The summed E-state index contributed by atoms with van der Waals surface area (Å²) in [5, 5.41) is 5.80. The maximum Gasteiger partial charge on any atom is 0.332 e. The fraction of sp³-hybridized carbons (Fsp3) is 0.652. The number of nitrogens with zero attached hydrogens (tertiary/aromatic N) is 2. The smallest absolute Gasteiger partial charge is 0.332 e. The summed E-state index contributed by atoms with van der Waals surface area (Å²) in [5.41, 5.74) is 3.42. The van der Waals surface area contributed by atoms with Crippen molar-refractivity contribution >= 4 is 32.8 Å². The van der Waals surface area contributed by atoms with E-state index < -0.39 is 5.60 Å². The van der Waals surface area contributed by atoms with E-state index in [1.807, 2.05) is 27.0 Å². The second kappa shape index (κ2) is 8.97. The number of benzene rings is 1. The molecule has 2 aromatic rings. The fourth-order valence-electron chi connectivity index (χ4n) is 4.52. The third-order valence-corrected chi connectivity index (χ3v) is 6.67. The molecule has 7 heteroatoms. The first-order chi connectivity index (χ1) is 14.3. The molecular formula is C23H31BrN2O4. The van der Waals surface area contributed by atoms with Gasteiger partial charge < -0.3 is 14.2 Å². The highest BCUT2D eigenvalue weighted by Crippen LogP contribution is 2.44. The van der Waals surface area contributed by atoms with Crippen molar-refractivity contribution < 1.29 is 19.0 Å². The lowest BCUT2D eigenvalue weighted by Gasteiger charge is -2.23. The molecule has 1 aliphatic carbocycles. The Kier molecular flexibility index (Phi) is 6.51. The van der Waals surface area contributed by atoms with Crippen molar-refractivity contribution in [3.63, 3.8) is 0 Å². The Morgan fingerprint density at radius 1 is 1.33 bits per heavy atom. The Hall–Kier alpha value is -1.44. The summed E-state index contributed by atoms with van der Waals surface area (Å²) in [6.07, 6.45) is 8.37. The maximum absolute atomic E-state index is 11.8. The molecule has 0 bridgehead atoms. The van der Waals surface area contributed by atoms with Gasteiger partial charge in [0.1, 0.15) is 12.2 Å². The first-order valence-corrected chi connectivity index (χ1v) is 11.7. The van der Waals surface area contributed by atoms with Gasteiger partial charge in [-0.3, -0.25) is 0 Å². The average Bonchev–Trinajstić information content (AvgIpc) is 3.29. The van der Waals surface area contributed by atoms with Crippen molar-refractivity contribution in [1.29, 1.82) is 0 Å². The number of hydrogen-bond acceptors (Lipinski definition) is 5. The Morgan fingerprint density at radius 2 is 2.17 bits per heavy atom. The molecule has 4 rings (SSSR count). The molecule has 0 amide bonds. The Balaban J connectivity index is 1.42. The molecule has 0 N–H and O–H groups in total. The minimum absolute atomic E-state index is 0.00517. The molecule has 1 fully saturated rings. The quantitative estimate of drug-likeness (QED) is 0.417. The van der Waals surface area contributed by atoms with Gasteiger partial charge in [-0.15, -0.1) is 0 Å². The highest BCUT2D eigenvalue weighted by atomic mass is 79.9. The van der Waals surface area contributed by atoms with E-state index in [0.717, 1.165) is 54.1 Å². The third-order valence-electron chi connectivity index (χ3n) is 5.81. The molecule has 1 aliphatic heterocycles. The van der Waals surface area contributed by atoms with Gasteiger partial charge >= 0.3 is 5.97 Å². The summed E-state index contributed by atoms with van der Waals surface area (Å²) in [4.78, 5) is 11.8. The molecule has 1 saturated heterocycles. The summed E-state index contributed by atoms with van der Waals surface area (Å²) < 4.78 is 20.1. The van der Waals surface area contributed by atoms with Crippen LogP contribution in [0.5, 0.6) is 0 Å². The molecule has 0 spiro atoms. The van der Waals surface area contributed by atoms with E-state index in [-0.39, 0.29) is 18.8 Å². The van der Waals surface area contributed by atoms with Gasteiger partial charge in [0.2, 0.25) is 0 Å². The Labute approximate surface area is 186 Å². The SMILES string of the molecule is CC(C)(C)OC(=O)COCCC1CCc2cc3c(cnn3C3CCCCO3)c(Br)c21. The number of esters is 1. The fourth-order valence-corrected chi connectivity index (χ4v) is 5.41. The van der Waals surface area contributed by atoms with Crippen LogP contribution in [0.4, 0.5) is 0 Å². The van der Waals surface area contributed by atoms with Crippen molar-refractivity contribution in [3.8, 4) is 0 Å². The average molecular weight is 479 g/mol. The number of aromatic nitrogens is 2. The number of hydrogen-bond donors (Lipinski definition) is 0. The molecule has 164 valence electrons. The van der Waals surface area contributed by atoms with Crippen LogP contribution in [0.2, 0.25) is 0 Å². The van der Waals surface area contributed by atoms with Gasteiger partial charge in [0.25, 0.3) is 0 Å². The van der Waals surface area contributed by atoms with Crippen molar-refractivity contribution in [2.75, 3.05) is 19.8 Å². The van der Waals surface area contributed by atoms with Gasteiger partial charge in [-0.05, 0) is 98.3 Å². The van der Waals surface area contributed by atoms with E-state index >= 15 is 0 Å². The monoisotopic (exact) mass is 478 g/mol. The van der Waals surface area contributed by atoms with Gasteiger partial charge in [-0.2, -0.15) is 5.10 Å². The first-order valence-electron chi connectivity index (χ1n) is 10.9. The van der Waals surface area contributed by atoms with Crippen LogP contribution in [0.25, 0.3) is 10.9 Å². The molecule has 2 atom stereocenters. The topological polar surface area (TPSA) is 62.6 Å². The lowest BCUT2D eigenvalue weighted by Crippen LogP contribution is -2.26. The molecule has 1 aromatic heterocycles. The molecule has 30 heavy (non-hydrogen) atoms. The zero-order chi connectivity index (χ0) is 21.3. The summed E-state index contributed by atoms with van der Waals surface area (Å²) in [6.45, 7) is 6.95. The van der Waals surface area contributed by atoms with Crippen LogP contribution in [0.1, 0.15) is 76.1 Å². The van der Waals surface area contributed by atoms with E-state index in [2.05, 4.69) is 31.8 Å². The second-order valence-corrected chi connectivity index (χ2v) is 10.1. The summed E-state index contributed by atoms with van der Waals surface area (Å²) in [7, 11) is 0. The molecule has 1 aromatic carbocycles. The van der Waals surface area contributed by atoms with E-state index in [1.165, 1.54) is 17.5 Å². The highest BCUT2D eigenvalue weighted by Gasteiger charge is 2.29. The van der Waals surface area contributed by atoms with Crippen LogP contribution in [0.15, 0.2) is 16.7 Å². The van der Waals surface area contributed by atoms with Crippen LogP contribution in [-0.2, 0) is 25.4 Å². The van der Waals surface area contributed by atoms with Gasteiger partial charge in [0.05, 0.1) is 11.7 Å². The third kappa shape index (κ3) is 4.73. The number of halogens is 1. The lowest BCUT2D eigenvalue weighted by atomic mass is 9.97. The van der Waals surface area contributed by atoms with Crippen LogP contribution < -0.4 is 0 Å². The van der Waals surface area contributed by atoms with Crippen molar-refractivity contribution in [1.82, 2.24) is 9.78 Å². The summed E-state index contributed by atoms with van der Waals surface area (Å²) in [6, 6.07) is 2.29. The zero-order valence-corrected chi connectivity index (χ0v) is 19.7. The second-order valence-electron chi connectivity index (χ2n) is 9.27. The van der Waals surface area contributed by atoms with Crippen LogP contribution >= 0.6 is 15.9 Å². The summed E-state index contributed by atoms with van der Waals surface area (Å²) >= 11 is 3.87. The van der Waals surface area contributed by atoms with E-state index in [1.54, 1.807) is 0 Å². The van der Waals surface area contributed by atoms with Crippen LogP contribution in [0, 0.1) is 0 Å². The maximum atomic E-state index is 11.8. The molecule has 2 heterocycles. The minimum atomic E-state index is -0.478. The minimum Gasteiger partial charge on any atom is -0.458 e. The first kappa shape index (κ1) is 21.8. The number of carbonyl (C=O) groups is 1. The number of carbonyl (C=O) groups excluding carboxylic acids is 1. The molecule has 6 nitrogen and oxygen atoms in total. The molecule has 2 aliphatic rings. The number of fused-ring (bicyclic) bond motifs is 2. The molecule has 0 saturated carbocycles. The van der Waals surface area contributed by atoms with Crippen molar-refractivity contribution in [2.24, 2.45) is 0 Å². The van der Waals surface area contributed by atoms with Gasteiger partial charge in [-0.1, -0.05) is 0 Å². The van der Waals surface area contributed by atoms with E-state index in [0.29, 0.717) is 12.5 Å². The van der Waals surface area contributed by atoms with Crippen LogP contribution in [-0.4, -0.2) is 41.2 Å². The highest BCUT2D eigenvalue weighted by molar-refractivity contribution is 9.10. The predicted octanol–water partition coefficient (Wildman–Crippen LogP) is 5.28. The Morgan fingerprint density at radius 3 is 2.90 bits per heavy atom. The van der Waals surface area contributed by atoms with Gasteiger partial charge in [0, 0.05) is 23.1 Å². The normalized spacial score (nSPS) is 21.7. The molecular weight excluding hydrogens is 448 g/mol. The van der Waals surface area contributed by atoms with Crippen molar-refractivity contribution in [2.45, 2.75) is 77.0 Å². The molecule has 0 radical (unpaired) electrons. The van der Waals surface area contributed by atoms with E-state index in [4.69, 9.17) is 14.2 Å². The lowest BCUT2D eigenvalue weighted by molar-refractivity contribution is -0.160. The van der Waals surface area contributed by atoms with E-state index in [9.17, 15) is 4.79 Å². The number of ether oxygens (including phenoxy) is 3. The largest absolute Gasteiger partial charge is 0.458 e. The number of aryl methyl sites for hydroxylation is 1. The zero-order valence-electron chi connectivity index (χ0n) is 18.1. The van der Waals surface area contributed by atoms with Gasteiger partial charge in [-0.25, -0.2) is 9.48 Å². The Bertz CT molecular complexity index is 912. The summed E-state index contributed by atoms with van der Waals surface area (Å²) in [5.74, 6) is 0.112. The molecule has 2 unspecified atom stereocenters. The standard InChI is InChI=1S/C23H31BrN2O4/c1-23(2,3)30-20(27)14-28-11-9-15-7-8-16-12-18-17(22(24)21(15)16)13-25-26(18)19-6-4-5-10-29-19/h12-13,15,19H,4-11,14H2,1-3H3. The number of rotatable bonds is 6. The van der Waals surface area contributed by atoms with Gasteiger partial charge in [0.15, 0.2) is 6.23 Å². The van der Waals surface area contributed by atoms with Crippen LogP contribution in [0.3, 0.4) is 0 Å². The predicted molar refractivity (Wildman–Crippen MR) is 119 cm³/mol. The van der Waals surface area contributed by atoms with Crippen molar-refractivity contribution in [3.05, 3.63) is 27.9 Å².